The number of nitrogens with zero attached hydrogens (tertiary/aromatic N) is 1. The molecular formula is CH4F2NOP2+. The van der Waals surface area contributed by atoms with Crippen LogP contribution >= 0.6 is 17.3 Å². The van der Waals surface area contributed by atoms with Crippen LogP contribution in [0, 0.1) is 0 Å². The molecule has 2 nitrogen and oxygen atoms in total. The zero-order chi connectivity index (χ0) is 5.70. The third-order valence-electron chi connectivity index (χ3n) is 0.267. The number of hydrogen-bond acceptors (Lipinski definition) is 2. The molecule has 0 aliphatic heterocycles. The average molecular weight is 146 g/mol. The lowest BCUT2D eigenvalue weighted by Crippen LogP contribution is -1.52. The molecule has 0 aliphatic carbocycles. The van der Waals surface area contributed by atoms with Crippen LogP contribution in [-0.2, 0) is 4.52 Å². The van der Waals surface area contributed by atoms with Gasteiger partial charge >= 0.3 is 8.25 Å². The van der Waals surface area contributed by atoms with E-state index in [1.54, 1.807) is 0 Å². The van der Waals surface area contributed by atoms with Gasteiger partial charge in [-0.1, -0.05) is 0 Å². The van der Waals surface area contributed by atoms with Gasteiger partial charge in [0.25, 0.3) is 0 Å². The van der Waals surface area contributed by atoms with Gasteiger partial charge in [0.15, 0.2) is 0 Å². The van der Waals surface area contributed by atoms with Gasteiger partial charge in [-0.15, -0.1) is 4.52 Å². The Morgan fingerprint density at radius 1 is 1.86 bits per heavy atom. The Morgan fingerprint density at radius 2 is 2.43 bits per heavy atom. The third-order valence-corrected chi connectivity index (χ3v) is 1.50. The normalized spacial score (nSPS) is 13.9. The minimum Gasteiger partial charge on any atom is -0.199 e. The van der Waals surface area contributed by atoms with Crippen molar-refractivity contribution in [3.63, 3.8) is 0 Å². The van der Waals surface area contributed by atoms with Gasteiger partial charge in [0, 0.05) is 4.52 Å². The molecule has 0 amide bonds. The van der Waals surface area contributed by atoms with Crippen molar-refractivity contribution in [1.82, 2.24) is 0 Å². The smallest absolute Gasteiger partial charge is 0.199 e. The lowest BCUT2D eigenvalue weighted by atomic mass is 11.8. The summed E-state index contributed by atoms with van der Waals surface area (Å²) in [7, 11) is -2.37. The fraction of sp³-hybridized carbons (Fsp3) is 1.00. The van der Waals surface area contributed by atoms with E-state index in [0.29, 0.717) is 0 Å². The van der Waals surface area contributed by atoms with Crippen molar-refractivity contribution in [3.05, 3.63) is 0 Å². The van der Waals surface area contributed by atoms with E-state index in [1.165, 1.54) is 0 Å². The van der Waals surface area contributed by atoms with Crippen molar-refractivity contribution in [2.75, 3.05) is 7.11 Å². The molecule has 0 fully saturated rings. The maximum atomic E-state index is 11.6. The molecule has 2 unspecified atom stereocenters. The van der Waals surface area contributed by atoms with E-state index in [9.17, 15) is 8.39 Å². The van der Waals surface area contributed by atoms with Crippen molar-refractivity contribution in [2.45, 2.75) is 0 Å². The monoisotopic (exact) mass is 146 g/mol. The highest BCUT2D eigenvalue weighted by Crippen LogP contribution is 2.34. The van der Waals surface area contributed by atoms with E-state index in [4.69, 9.17) is 0 Å². The second-order valence-corrected chi connectivity index (χ2v) is 2.38. The SMILES string of the molecule is CO[P+](F)=NPF. The molecule has 0 saturated carbocycles. The van der Waals surface area contributed by atoms with E-state index in [1.807, 2.05) is 0 Å². The zero-order valence-electron chi connectivity index (χ0n) is 3.56. The Morgan fingerprint density at radius 3 is 2.57 bits per heavy atom. The van der Waals surface area contributed by atoms with Crippen molar-refractivity contribution >= 4 is 17.3 Å². The van der Waals surface area contributed by atoms with Gasteiger partial charge in [-0.2, -0.15) is 4.20 Å². The van der Waals surface area contributed by atoms with Crippen LogP contribution in [0.1, 0.15) is 0 Å². The summed E-state index contributed by atoms with van der Waals surface area (Å²) in [6, 6.07) is 0. The Hall–Kier alpha value is 0.350. The second-order valence-electron chi connectivity index (χ2n) is 0.593. The van der Waals surface area contributed by atoms with Crippen LogP contribution in [0.4, 0.5) is 8.39 Å². The van der Waals surface area contributed by atoms with Crippen LogP contribution in [-0.4, -0.2) is 7.11 Å². The first kappa shape index (κ1) is 7.35. The van der Waals surface area contributed by atoms with Gasteiger partial charge in [0.05, 0.1) is 11.3 Å². The maximum absolute atomic E-state index is 11.6. The zero-order valence-corrected chi connectivity index (χ0v) is 5.45. The molecule has 0 aromatic rings. The van der Waals surface area contributed by atoms with E-state index in [2.05, 4.69) is 9.04 Å². The first-order chi connectivity index (χ1) is 3.31. The van der Waals surface area contributed by atoms with E-state index in [0.717, 1.165) is 7.11 Å². The summed E-state index contributed by atoms with van der Waals surface area (Å²) in [5, 5.41) is 0. The highest BCUT2D eigenvalue weighted by molar-refractivity contribution is 7.45. The van der Waals surface area contributed by atoms with Crippen LogP contribution < -0.4 is 0 Å². The fourth-order valence-electron chi connectivity index (χ4n) is 0.0705. The van der Waals surface area contributed by atoms with E-state index >= 15 is 0 Å². The number of rotatable bonds is 2. The van der Waals surface area contributed by atoms with E-state index in [-0.39, 0.29) is 0 Å². The lowest BCUT2D eigenvalue weighted by molar-refractivity contribution is 0.441. The first-order valence-electron chi connectivity index (χ1n) is 1.37. The molecule has 7 heavy (non-hydrogen) atoms. The molecule has 2 atom stereocenters. The number of halogens is 2. The van der Waals surface area contributed by atoms with Crippen molar-refractivity contribution < 1.29 is 12.9 Å². The van der Waals surface area contributed by atoms with Gasteiger partial charge in [-0.05, 0) is 0 Å². The van der Waals surface area contributed by atoms with Crippen molar-refractivity contribution in [1.29, 1.82) is 0 Å². The summed E-state index contributed by atoms with van der Waals surface area (Å²) < 4.78 is 29.3. The molecule has 0 radical (unpaired) electrons. The van der Waals surface area contributed by atoms with Gasteiger partial charge in [-0.3, -0.25) is 0 Å². The largest absolute Gasteiger partial charge is 0.615 e. The molecule has 0 aromatic carbocycles. The Balaban J connectivity index is 3.29. The average Bonchev–Trinajstić information content (AvgIpc) is 1.68. The molecular weight excluding hydrogens is 142 g/mol. The molecule has 6 heteroatoms. The van der Waals surface area contributed by atoms with Crippen molar-refractivity contribution in [2.24, 2.45) is 4.52 Å². The van der Waals surface area contributed by atoms with Crippen LogP contribution in [0.2, 0.25) is 0 Å². The Bertz CT molecular complexity index is 76.1. The molecule has 0 saturated heterocycles. The predicted octanol–water partition coefficient (Wildman–Crippen LogP) is 2.58. The predicted molar refractivity (Wildman–Crippen MR) is 26.9 cm³/mol. The van der Waals surface area contributed by atoms with Crippen LogP contribution in [0.15, 0.2) is 4.52 Å². The van der Waals surface area contributed by atoms with Gasteiger partial charge < -0.3 is 0 Å². The Kier molecular flexibility index (Phi) is 4.73. The number of hydrogen-bond donors (Lipinski definition) is 0. The van der Waals surface area contributed by atoms with Gasteiger partial charge in [0.2, 0.25) is 9.04 Å². The maximum Gasteiger partial charge on any atom is 0.615 e. The molecule has 0 heterocycles. The molecule has 0 spiro atoms. The van der Waals surface area contributed by atoms with Crippen LogP contribution in [0.3, 0.4) is 0 Å². The van der Waals surface area contributed by atoms with Gasteiger partial charge in [-0.25, -0.2) is 0 Å². The second kappa shape index (κ2) is 4.51. The standard InChI is InChI=1S/CH4F2NOP2/c1-5-7(3)4-6-2/h6H,1H3/q+1. The minimum absolute atomic E-state index is 1.15. The highest BCUT2D eigenvalue weighted by atomic mass is 31.2. The van der Waals surface area contributed by atoms with Crippen molar-refractivity contribution in [3.8, 4) is 0 Å². The first-order valence-corrected chi connectivity index (χ1v) is 3.30. The highest BCUT2D eigenvalue weighted by Gasteiger charge is 2.08. The van der Waals surface area contributed by atoms with E-state index < -0.39 is 17.3 Å². The summed E-state index contributed by atoms with van der Waals surface area (Å²) >= 11 is 0. The quantitative estimate of drug-likeness (QED) is 0.548. The molecule has 42 valence electrons. The van der Waals surface area contributed by atoms with Crippen LogP contribution in [0.25, 0.3) is 0 Å². The lowest BCUT2D eigenvalue weighted by Gasteiger charge is -1.64. The molecule has 0 bridgehead atoms. The minimum atomic E-state index is -2.32. The molecule has 0 rings (SSSR count). The third kappa shape index (κ3) is 4.20. The Labute approximate surface area is 42.9 Å². The molecule has 0 N–H and O–H groups in total. The summed E-state index contributed by atoms with van der Waals surface area (Å²) in [6.07, 6.45) is 0. The summed E-state index contributed by atoms with van der Waals surface area (Å²) in [5.41, 5.74) is 0. The van der Waals surface area contributed by atoms with Crippen LogP contribution in [0.5, 0.6) is 0 Å². The topological polar surface area (TPSA) is 21.6 Å². The summed E-state index contributed by atoms with van der Waals surface area (Å²) in [4.78, 5) is 0. The fourth-order valence-corrected chi connectivity index (χ4v) is 0.635. The summed E-state index contributed by atoms with van der Waals surface area (Å²) in [5.74, 6) is 0. The molecule has 0 aromatic heterocycles. The molecule has 0 aliphatic rings. The van der Waals surface area contributed by atoms with Gasteiger partial charge in [0.1, 0.15) is 0 Å². The summed E-state index contributed by atoms with van der Waals surface area (Å²) in [6.45, 7) is 0.